The van der Waals surface area contributed by atoms with Crippen LogP contribution in [0, 0.1) is 5.41 Å². The van der Waals surface area contributed by atoms with Crippen molar-refractivity contribution in [2.75, 3.05) is 26.6 Å². The van der Waals surface area contributed by atoms with Gasteiger partial charge in [0.15, 0.2) is 17.8 Å². The maximum atomic E-state index is 12.2. The number of carbonyl (C=O) groups excluding carboxylic acids is 2. The number of benzene rings is 1. The fourth-order valence-electron chi connectivity index (χ4n) is 2.38. The molecule has 7 heteroatoms. The Kier molecular flexibility index (Phi) is 6.05. The van der Waals surface area contributed by atoms with Crippen LogP contribution < -0.4 is 19.5 Å². The van der Waals surface area contributed by atoms with Crippen LogP contribution in [0.1, 0.15) is 31.1 Å². The van der Waals surface area contributed by atoms with Crippen molar-refractivity contribution in [3.63, 3.8) is 0 Å². The molecule has 0 radical (unpaired) electrons. The van der Waals surface area contributed by atoms with E-state index in [1.165, 1.54) is 21.3 Å². The van der Waals surface area contributed by atoms with Crippen molar-refractivity contribution in [2.24, 2.45) is 5.41 Å². The van der Waals surface area contributed by atoms with Crippen LogP contribution in [-0.4, -0.2) is 38.5 Å². The second kappa shape index (κ2) is 8.07. The SMILES string of the molecule is COc1cc(-c2cnc(NC(=O)C(C)(C)C)c(C=O)c2)cc(OC)c1OC. The first-order valence-corrected chi connectivity index (χ1v) is 8.32. The molecule has 7 nitrogen and oxygen atoms in total. The highest BCUT2D eigenvalue weighted by molar-refractivity contribution is 5.98. The number of methoxy groups -OCH3 is 3. The van der Waals surface area contributed by atoms with Crippen molar-refractivity contribution < 1.29 is 23.8 Å². The van der Waals surface area contributed by atoms with Gasteiger partial charge in [-0.15, -0.1) is 0 Å². The average molecular weight is 372 g/mol. The number of aromatic nitrogens is 1. The van der Waals surface area contributed by atoms with Gasteiger partial charge in [-0.2, -0.15) is 0 Å². The van der Waals surface area contributed by atoms with Crippen LogP contribution in [0.15, 0.2) is 24.4 Å². The Morgan fingerprint density at radius 3 is 2.04 bits per heavy atom. The molecule has 0 unspecified atom stereocenters. The number of hydrogen-bond donors (Lipinski definition) is 1. The number of anilines is 1. The minimum Gasteiger partial charge on any atom is -0.493 e. The van der Waals surface area contributed by atoms with Gasteiger partial charge in [-0.1, -0.05) is 20.8 Å². The predicted molar refractivity (Wildman–Crippen MR) is 103 cm³/mol. The zero-order chi connectivity index (χ0) is 20.2. The van der Waals surface area contributed by atoms with Crippen LogP contribution >= 0.6 is 0 Å². The molecule has 0 aliphatic carbocycles. The van der Waals surface area contributed by atoms with Crippen molar-refractivity contribution in [3.8, 4) is 28.4 Å². The lowest BCUT2D eigenvalue weighted by Crippen LogP contribution is -2.28. The largest absolute Gasteiger partial charge is 0.493 e. The molecule has 2 rings (SSSR count). The van der Waals surface area contributed by atoms with Gasteiger partial charge in [-0.3, -0.25) is 9.59 Å². The molecule has 1 amide bonds. The maximum absolute atomic E-state index is 12.2. The Morgan fingerprint density at radius 1 is 1.00 bits per heavy atom. The Hall–Kier alpha value is -3.09. The molecule has 1 N–H and O–H groups in total. The maximum Gasteiger partial charge on any atom is 0.230 e. The highest BCUT2D eigenvalue weighted by Gasteiger charge is 2.23. The quantitative estimate of drug-likeness (QED) is 0.780. The fourth-order valence-corrected chi connectivity index (χ4v) is 2.38. The fraction of sp³-hybridized carbons (Fsp3) is 0.350. The summed E-state index contributed by atoms with van der Waals surface area (Å²) in [6.07, 6.45) is 2.23. The third kappa shape index (κ3) is 4.36. The number of pyridine rings is 1. The summed E-state index contributed by atoms with van der Waals surface area (Å²) < 4.78 is 16.0. The molecule has 0 atom stereocenters. The molecule has 0 bridgehead atoms. The van der Waals surface area contributed by atoms with E-state index in [1.807, 2.05) is 0 Å². The third-order valence-corrected chi connectivity index (χ3v) is 3.96. The van der Waals surface area contributed by atoms with E-state index >= 15 is 0 Å². The van der Waals surface area contributed by atoms with E-state index in [0.29, 0.717) is 29.1 Å². The van der Waals surface area contributed by atoms with E-state index in [9.17, 15) is 9.59 Å². The molecular formula is C20H24N2O5. The smallest absolute Gasteiger partial charge is 0.230 e. The summed E-state index contributed by atoms with van der Waals surface area (Å²) in [7, 11) is 4.58. The van der Waals surface area contributed by atoms with Gasteiger partial charge in [-0.25, -0.2) is 4.98 Å². The number of amides is 1. The van der Waals surface area contributed by atoms with Gasteiger partial charge >= 0.3 is 0 Å². The molecule has 1 heterocycles. The van der Waals surface area contributed by atoms with E-state index in [2.05, 4.69) is 10.3 Å². The van der Waals surface area contributed by atoms with E-state index < -0.39 is 5.41 Å². The Morgan fingerprint density at radius 2 is 1.59 bits per heavy atom. The highest BCUT2D eigenvalue weighted by atomic mass is 16.5. The standard InChI is InChI=1S/C20H24N2O5/c1-20(2,3)19(24)22-18-14(11-23)7-13(10-21-18)12-8-15(25-4)17(27-6)16(9-12)26-5/h7-11H,1-6H3,(H,21,22,24). The molecule has 0 aliphatic rings. The van der Waals surface area contributed by atoms with Crippen LogP contribution in [0.4, 0.5) is 5.82 Å². The molecule has 0 spiro atoms. The van der Waals surface area contributed by atoms with Crippen molar-refractivity contribution in [1.29, 1.82) is 0 Å². The molecule has 2 aromatic rings. The first-order valence-electron chi connectivity index (χ1n) is 8.32. The summed E-state index contributed by atoms with van der Waals surface area (Å²) in [5.41, 5.74) is 1.08. The Balaban J connectivity index is 2.49. The van der Waals surface area contributed by atoms with Crippen LogP contribution in [0.25, 0.3) is 11.1 Å². The number of nitrogens with zero attached hydrogens (tertiary/aromatic N) is 1. The monoisotopic (exact) mass is 372 g/mol. The van der Waals surface area contributed by atoms with Crippen LogP contribution in [0.3, 0.4) is 0 Å². The summed E-state index contributed by atoms with van der Waals surface area (Å²) in [4.78, 5) is 28.0. The lowest BCUT2D eigenvalue weighted by Gasteiger charge is -2.18. The molecule has 0 saturated heterocycles. The van der Waals surface area contributed by atoms with Crippen molar-refractivity contribution in [3.05, 3.63) is 30.0 Å². The average Bonchev–Trinajstić information content (AvgIpc) is 2.66. The van der Waals surface area contributed by atoms with Gasteiger partial charge in [-0.05, 0) is 23.8 Å². The van der Waals surface area contributed by atoms with Gasteiger partial charge in [0.25, 0.3) is 0 Å². The van der Waals surface area contributed by atoms with E-state index in [1.54, 1.807) is 45.2 Å². The van der Waals surface area contributed by atoms with Gasteiger partial charge in [0, 0.05) is 17.2 Å². The topological polar surface area (TPSA) is 86.8 Å². The molecule has 1 aromatic carbocycles. The predicted octanol–water partition coefficient (Wildman–Crippen LogP) is 3.57. The number of nitrogens with one attached hydrogen (secondary N) is 1. The van der Waals surface area contributed by atoms with E-state index in [0.717, 1.165) is 5.56 Å². The first kappa shape index (κ1) is 20.2. The summed E-state index contributed by atoms with van der Waals surface area (Å²) in [6.45, 7) is 5.35. The minimum absolute atomic E-state index is 0.223. The Bertz CT molecular complexity index is 831. The second-order valence-electron chi connectivity index (χ2n) is 6.90. The van der Waals surface area contributed by atoms with Crippen LogP contribution in [-0.2, 0) is 4.79 Å². The highest BCUT2D eigenvalue weighted by Crippen LogP contribution is 2.41. The van der Waals surface area contributed by atoms with Gasteiger partial charge < -0.3 is 19.5 Å². The molecule has 0 saturated carbocycles. The zero-order valence-corrected chi connectivity index (χ0v) is 16.4. The summed E-state index contributed by atoms with van der Waals surface area (Å²) >= 11 is 0. The molecule has 27 heavy (non-hydrogen) atoms. The van der Waals surface area contributed by atoms with Gasteiger partial charge in [0.1, 0.15) is 5.82 Å². The molecule has 1 aromatic heterocycles. The number of rotatable bonds is 6. The summed E-state index contributed by atoms with van der Waals surface area (Å²) in [5.74, 6) is 1.45. The summed E-state index contributed by atoms with van der Waals surface area (Å²) in [5, 5.41) is 2.69. The molecule has 144 valence electrons. The number of carbonyl (C=O) groups is 2. The first-order chi connectivity index (χ1) is 12.7. The van der Waals surface area contributed by atoms with Crippen LogP contribution in [0.5, 0.6) is 17.2 Å². The zero-order valence-electron chi connectivity index (χ0n) is 16.4. The van der Waals surface area contributed by atoms with Gasteiger partial charge in [0.05, 0.1) is 26.9 Å². The third-order valence-electron chi connectivity index (χ3n) is 3.96. The van der Waals surface area contributed by atoms with Crippen molar-refractivity contribution in [1.82, 2.24) is 4.98 Å². The molecular weight excluding hydrogens is 348 g/mol. The minimum atomic E-state index is -0.600. The number of aldehydes is 1. The lowest BCUT2D eigenvalue weighted by atomic mass is 9.95. The van der Waals surface area contributed by atoms with Gasteiger partial charge in [0.2, 0.25) is 11.7 Å². The number of ether oxygens (including phenoxy) is 3. The van der Waals surface area contributed by atoms with E-state index in [-0.39, 0.29) is 17.3 Å². The second-order valence-corrected chi connectivity index (χ2v) is 6.90. The Labute approximate surface area is 158 Å². The molecule has 0 aliphatic heterocycles. The van der Waals surface area contributed by atoms with Crippen molar-refractivity contribution >= 4 is 18.0 Å². The lowest BCUT2D eigenvalue weighted by molar-refractivity contribution is -0.123. The van der Waals surface area contributed by atoms with E-state index in [4.69, 9.17) is 14.2 Å². The van der Waals surface area contributed by atoms with Crippen molar-refractivity contribution in [2.45, 2.75) is 20.8 Å². The molecule has 0 fully saturated rings. The normalized spacial score (nSPS) is 10.9. The summed E-state index contributed by atoms with van der Waals surface area (Å²) in [6, 6.07) is 5.18. The van der Waals surface area contributed by atoms with Crippen LogP contribution in [0.2, 0.25) is 0 Å². The number of hydrogen-bond acceptors (Lipinski definition) is 6.